The lowest BCUT2D eigenvalue weighted by atomic mass is 9.92. The minimum atomic E-state index is -0.577. The summed E-state index contributed by atoms with van der Waals surface area (Å²) in [5.74, 6) is 1.32. The van der Waals surface area contributed by atoms with E-state index in [9.17, 15) is 4.79 Å². The van der Waals surface area contributed by atoms with Crippen LogP contribution in [0.3, 0.4) is 0 Å². The standard InChI is InChI=1S/C22H27NO3/c1-15(2)25-20-10-6-9-19(14-20)23-22(24)16(3)26-21-12-11-17-7-4-5-8-18(17)13-21/h6,9-16H,4-5,7-8H2,1-3H3,(H,23,24)/t16-/m1/s1. The number of carbonyl (C=O) groups is 1. The molecule has 0 radical (unpaired) electrons. The minimum Gasteiger partial charge on any atom is -0.491 e. The van der Waals surface area contributed by atoms with Crippen molar-refractivity contribution in [1.29, 1.82) is 0 Å². The number of amides is 1. The Morgan fingerprint density at radius 2 is 1.65 bits per heavy atom. The third kappa shape index (κ3) is 4.78. The molecule has 2 aromatic carbocycles. The molecule has 1 amide bonds. The maximum absolute atomic E-state index is 12.5. The van der Waals surface area contributed by atoms with Crippen molar-refractivity contribution in [2.45, 2.75) is 58.7 Å². The van der Waals surface area contributed by atoms with Gasteiger partial charge in [-0.3, -0.25) is 4.79 Å². The van der Waals surface area contributed by atoms with Crippen LogP contribution in [0.15, 0.2) is 42.5 Å². The molecule has 1 N–H and O–H groups in total. The molecule has 0 aromatic heterocycles. The van der Waals surface area contributed by atoms with E-state index < -0.39 is 6.10 Å². The van der Waals surface area contributed by atoms with Gasteiger partial charge in [-0.15, -0.1) is 0 Å². The minimum absolute atomic E-state index is 0.0900. The zero-order chi connectivity index (χ0) is 18.5. The maximum Gasteiger partial charge on any atom is 0.265 e. The van der Waals surface area contributed by atoms with Gasteiger partial charge in [-0.25, -0.2) is 0 Å². The Morgan fingerprint density at radius 1 is 0.923 bits per heavy atom. The number of anilines is 1. The van der Waals surface area contributed by atoms with Gasteiger partial charge in [0.2, 0.25) is 0 Å². The zero-order valence-electron chi connectivity index (χ0n) is 15.7. The highest BCUT2D eigenvalue weighted by Gasteiger charge is 2.17. The van der Waals surface area contributed by atoms with E-state index in [0.717, 1.165) is 24.3 Å². The molecule has 1 atom stereocenters. The van der Waals surface area contributed by atoms with Gasteiger partial charge in [0.15, 0.2) is 6.10 Å². The summed E-state index contributed by atoms with van der Waals surface area (Å²) in [5, 5.41) is 2.89. The second-order valence-electron chi connectivity index (χ2n) is 7.08. The van der Waals surface area contributed by atoms with Crippen molar-refractivity contribution in [3.63, 3.8) is 0 Å². The first-order valence-electron chi connectivity index (χ1n) is 9.37. The highest BCUT2D eigenvalue weighted by molar-refractivity contribution is 5.94. The largest absolute Gasteiger partial charge is 0.491 e. The molecule has 26 heavy (non-hydrogen) atoms. The predicted octanol–water partition coefficient (Wildman–Crippen LogP) is 4.76. The topological polar surface area (TPSA) is 47.6 Å². The molecule has 0 saturated heterocycles. The monoisotopic (exact) mass is 353 g/mol. The van der Waals surface area contributed by atoms with Crippen molar-refractivity contribution in [3.8, 4) is 11.5 Å². The molecule has 3 rings (SSSR count). The zero-order valence-corrected chi connectivity index (χ0v) is 15.7. The number of nitrogens with one attached hydrogen (secondary N) is 1. The van der Waals surface area contributed by atoms with Gasteiger partial charge in [-0.2, -0.15) is 0 Å². The van der Waals surface area contributed by atoms with Gasteiger partial charge in [0.05, 0.1) is 6.10 Å². The Kier molecular flexibility index (Phi) is 5.82. The summed E-state index contributed by atoms with van der Waals surface area (Å²) in [6.45, 7) is 5.71. The molecule has 0 unspecified atom stereocenters. The van der Waals surface area contributed by atoms with Crippen molar-refractivity contribution in [1.82, 2.24) is 0 Å². The summed E-state index contributed by atoms with van der Waals surface area (Å²) in [4.78, 5) is 12.5. The molecule has 0 fully saturated rings. The number of carbonyl (C=O) groups excluding carboxylic acids is 1. The molecule has 1 aliphatic carbocycles. The Hall–Kier alpha value is -2.49. The van der Waals surface area contributed by atoms with E-state index in [0.29, 0.717) is 5.69 Å². The Morgan fingerprint density at radius 3 is 2.42 bits per heavy atom. The van der Waals surface area contributed by atoms with Crippen molar-refractivity contribution in [2.75, 3.05) is 5.32 Å². The van der Waals surface area contributed by atoms with Crippen molar-refractivity contribution in [3.05, 3.63) is 53.6 Å². The number of ether oxygens (including phenoxy) is 2. The summed E-state index contributed by atoms with van der Waals surface area (Å²) in [7, 11) is 0. The van der Waals surface area contributed by atoms with Gasteiger partial charge in [0.1, 0.15) is 11.5 Å². The van der Waals surface area contributed by atoms with Gasteiger partial charge in [0, 0.05) is 11.8 Å². The molecule has 0 spiro atoms. The highest BCUT2D eigenvalue weighted by atomic mass is 16.5. The van der Waals surface area contributed by atoms with Crippen LogP contribution in [0.4, 0.5) is 5.69 Å². The van der Waals surface area contributed by atoms with Crippen LogP contribution in [-0.2, 0) is 17.6 Å². The fourth-order valence-electron chi connectivity index (χ4n) is 3.20. The highest BCUT2D eigenvalue weighted by Crippen LogP contribution is 2.26. The number of aryl methyl sites for hydroxylation is 2. The molecule has 0 aliphatic heterocycles. The number of hydrogen-bond donors (Lipinski definition) is 1. The van der Waals surface area contributed by atoms with Gasteiger partial charge in [-0.1, -0.05) is 12.1 Å². The van der Waals surface area contributed by atoms with Gasteiger partial charge >= 0.3 is 0 Å². The quantitative estimate of drug-likeness (QED) is 0.814. The Balaban J connectivity index is 1.61. The first-order chi connectivity index (χ1) is 12.5. The Bertz CT molecular complexity index is 770. The summed E-state index contributed by atoms with van der Waals surface area (Å²) in [6, 6.07) is 13.6. The van der Waals surface area contributed by atoms with Gasteiger partial charge in [-0.05, 0) is 81.8 Å². The molecule has 0 bridgehead atoms. The van der Waals surface area contributed by atoms with Crippen LogP contribution in [0, 0.1) is 0 Å². The third-order valence-corrected chi connectivity index (χ3v) is 4.48. The SMILES string of the molecule is CC(C)Oc1cccc(NC(=O)[C@@H](C)Oc2ccc3c(c2)CCCC3)c1. The number of benzene rings is 2. The lowest BCUT2D eigenvalue weighted by molar-refractivity contribution is -0.122. The average molecular weight is 353 g/mol. The van der Waals surface area contributed by atoms with Crippen LogP contribution in [0.2, 0.25) is 0 Å². The normalized spacial score (nSPS) is 14.5. The molecule has 0 saturated carbocycles. The second-order valence-corrected chi connectivity index (χ2v) is 7.08. The number of hydrogen-bond acceptors (Lipinski definition) is 3. The average Bonchev–Trinajstić information content (AvgIpc) is 2.61. The smallest absolute Gasteiger partial charge is 0.265 e. The van der Waals surface area contributed by atoms with Crippen molar-refractivity contribution in [2.24, 2.45) is 0 Å². The first-order valence-corrected chi connectivity index (χ1v) is 9.37. The van der Waals surface area contributed by atoms with E-state index in [-0.39, 0.29) is 12.0 Å². The van der Waals surface area contributed by atoms with Gasteiger partial charge in [0.25, 0.3) is 5.91 Å². The fourth-order valence-corrected chi connectivity index (χ4v) is 3.20. The van der Waals surface area contributed by atoms with Crippen LogP contribution in [-0.4, -0.2) is 18.1 Å². The van der Waals surface area contributed by atoms with Crippen LogP contribution >= 0.6 is 0 Å². The molecule has 4 heteroatoms. The summed E-state index contributed by atoms with van der Waals surface area (Å²) in [5.41, 5.74) is 3.46. The maximum atomic E-state index is 12.5. The summed E-state index contributed by atoms with van der Waals surface area (Å²) < 4.78 is 11.5. The van der Waals surface area contributed by atoms with Crippen LogP contribution in [0.1, 0.15) is 44.7 Å². The third-order valence-electron chi connectivity index (χ3n) is 4.48. The van der Waals surface area contributed by atoms with Crippen molar-refractivity contribution < 1.29 is 14.3 Å². The molecular weight excluding hydrogens is 326 g/mol. The van der Waals surface area contributed by atoms with E-state index in [1.54, 1.807) is 6.92 Å². The number of fused-ring (bicyclic) bond motifs is 1. The van der Waals surface area contributed by atoms with E-state index >= 15 is 0 Å². The van der Waals surface area contributed by atoms with E-state index in [4.69, 9.17) is 9.47 Å². The Labute approximate surface area is 155 Å². The van der Waals surface area contributed by atoms with Crippen molar-refractivity contribution >= 4 is 11.6 Å². The van der Waals surface area contributed by atoms with E-state index in [2.05, 4.69) is 17.4 Å². The lowest BCUT2D eigenvalue weighted by Gasteiger charge is -2.19. The van der Waals surface area contributed by atoms with Gasteiger partial charge < -0.3 is 14.8 Å². The van der Waals surface area contributed by atoms with E-state index in [1.165, 1.54) is 24.0 Å². The lowest BCUT2D eigenvalue weighted by Crippen LogP contribution is -2.30. The van der Waals surface area contributed by atoms with E-state index in [1.807, 2.05) is 44.2 Å². The second kappa shape index (κ2) is 8.26. The van der Waals surface area contributed by atoms with Crippen LogP contribution in [0.25, 0.3) is 0 Å². The molecule has 1 aliphatic rings. The molecular formula is C22H27NO3. The summed E-state index contributed by atoms with van der Waals surface area (Å²) in [6.07, 6.45) is 4.22. The molecule has 2 aromatic rings. The van der Waals surface area contributed by atoms with Crippen LogP contribution < -0.4 is 14.8 Å². The summed E-state index contributed by atoms with van der Waals surface area (Å²) >= 11 is 0. The molecule has 4 nitrogen and oxygen atoms in total. The molecule has 0 heterocycles. The number of rotatable bonds is 6. The predicted molar refractivity (Wildman–Crippen MR) is 104 cm³/mol. The first kappa shape index (κ1) is 18.3. The molecule has 138 valence electrons. The van der Waals surface area contributed by atoms with Crippen LogP contribution in [0.5, 0.6) is 11.5 Å². The fraction of sp³-hybridized carbons (Fsp3) is 0.409.